The maximum Gasteiger partial charge on any atom is 0.271 e. The normalized spacial score (nSPS) is 13.2. The second-order valence-corrected chi connectivity index (χ2v) is 4.97. The molecule has 1 aliphatic rings. The molecule has 1 aromatic carbocycles. The number of anilines is 1. The summed E-state index contributed by atoms with van der Waals surface area (Å²) in [5.74, 6) is 1.86. The van der Waals surface area contributed by atoms with Crippen LogP contribution in [0.25, 0.3) is 0 Å². The van der Waals surface area contributed by atoms with Crippen molar-refractivity contribution in [2.75, 3.05) is 5.32 Å². The standard InChI is InChI=1S/C12H12ClN5O2/c13-9-6-8(18(19)20)3-4-10(9)14-7-12-16-15-11-2-1-5-17(11)12/h3-4,6,14H,1-2,5,7H2. The highest BCUT2D eigenvalue weighted by atomic mass is 35.5. The third kappa shape index (κ3) is 2.32. The number of aryl methyl sites for hydroxylation is 1. The Morgan fingerprint density at radius 2 is 2.30 bits per heavy atom. The fraction of sp³-hybridized carbons (Fsp3) is 0.333. The molecule has 1 aromatic heterocycles. The largest absolute Gasteiger partial charge is 0.377 e. The monoisotopic (exact) mass is 293 g/mol. The lowest BCUT2D eigenvalue weighted by molar-refractivity contribution is -0.384. The van der Waals surface area contributed by atoms with Crippen LogP contribution in [0.4, 0.5) is 11.4 Å². The molecule has 104 valence electrons. The highest BCUT2D eigenvalue weighted by Gasteiger charge is 2.17. The van der Waals surface area contributed by atoms with Gasteiger partial charge < -0.3 is 9.88 Å². The first-order valence-electron chi connectivity index (χ1n) is 6.24. The van der Waals surface area contributed by atoms with E-state index in [4.69, 9.17) is 11.6 Å². The first-order chi connectivity index (χ1) is 9.65. The SMILES string of the molecule is O=[N+]([O-])c1ccc(NCc2nnc3n2CCC3)c(Cl)c1. The number of rotatable bonds is 4. The van der Waals surface area contributed by atoms with Gasteiger partial charge in [0, 0.05) is 25.1 Å². The first kappa shape index (κ1) is 12.9. The third-order valence-electron chi connectivity index (χ3n) is 3.29. The van der Waals surface area contributed by atoms with Gasteiger partial charge >= 0.3 is 0 Å². The fourth-order valence-corrected chi connectivity index (χ4v) is 2.52. The second-order valence-electron chi connectivity index (χ2n) is 4.56. The van der Waals surface area contributed by atoms with Crippen LogP contribution in [0, 0.1) is 10.1 Å². The third-order valence-corrected chi connectivity index (χ3v) is 3.60. The van der Waals surface area contributed by atoms with Crippen molar-refractivity contribution in [3.8, 4) is 0 Å². The van der Waals surface area contributed by atoms with Gasteiger partial charge in [-0.05, 0) is 12.5 Å². The predicted molar refractivity (Wildman–Crippen MR) is 73.8 cm³/mol. The molecule has 3 rings (SSSR count). The summed E-state index contributed by atoms with van der Waals surface area (Å²) in [5.41, 5.74) is 0.622. The van der Waals surface area contributed by atoms with Crippen LogP contribution in [0.15, 0.2) is 18.2 Å². The molecule has 2 aromatic rings. The van der Waals surface area contributed by atoms with Gasteiger partial charge in [0.1, 0.15) is 5.82 Å². The zero-order valence-corrected chi connectivity index (χ0v) is 11.3. The van der Waals surface area contributed by atoms with E-state index in [2.05, 4.69) is 20.1 Å². The molecule has 1 aliphatic heterocycles. The van der Waals surface area contributed by atoms with E-state index < -0.39 is 4.92 Å². The van der Waals surface area contributed by atoms with E-state index in [1.165, 1.54) is 12.1 Å². The minimum atomic E-state index is -0.471. The second kappa shape index (κ2) is 5.09. The van der Waals surface area contributed by atoms with Crippen LogP contribution in [0.3, 0.4) is 0 Å². The number of nitro benzene ring substituents is 1. The molecule has 0 aliphatic carbocycles. The lowest BCUT2D eigenvalue weighted by atomic mass is 10.3. The molecule has 1 N–H and O–H groups in total. The van der Waals surface area contributed by atoms with Crippen molar-refractivity contribution >= 4 is 23.0 Å². The minimum absolute atomic E-state index is 0.0241. The van der Waals surface area contributed by atoms with E-state index in [0.717, 1.165) is 31.0 Å². The van der Waals surface area contributed by atoms with Crippen molar-refractivity contribution in [1.29, 1.82) is 0 Å². The number of aromatic nitrogens is 3. The van der Waals surface area contributed by atoms with Crippen LogP contribution in [0.2, 0.25) is 5.02 Å². The number of nitro groups is 1. The lowest BCUT2D eigenvalue weighted by Crippen LogP contribution is -2.08. The topological polar surface area (TPSA) is 85.9 Å². The van der Waals surface area contributed by atoms with E-state index in [-0.39, 0.29) is 5.69 Å². The summed E-state index contributed by atoms with van der Waals surface area (Å²) in [7, 11) is 0. The number of hydrogen-bond donors (Lipinski definition) is 1. The molecule has 0 amide bonds. The van der Waals surface area contributed by atoms with Crippen molar-refractivity contribution in [3.05, 3.63) is 45.0 Å². The Hall–Kier alpha value is -2.15. The van der Waals surface area contributed by atoms with Gasteiger partial charge in [0.05, 0.1) is 22.2 Å². The molecule has 0 atom stereocenters. The highest BCUT2D eigenvalue weighted by Crippen LogP contribution is 2.27. The molecule has 0 fully saturated rings. The Labute approximate surface area is 119 Å². The van der Waals surface area contributed by atoms with Crippen LogP contribution in [0.1, 0.15) is 18.1 Å². The van der Waals surface area contributed by atoms with Crippen LogP contribution < -0.4 is 5.32 Å². The first-order valence-corrected chi connectivity index (χ1v) is 6.62. The number of halogens is 1. The summed E-state index contributed by atoms with van der Waals surface area (Å²) in [6, 6.07) is 4.35. The molecule has 0 radical (unpaired) electrons. The fourth-order valence-electron chi connectivity index (χ4n) is 2.28. The molecule has 0 saturated heterocycles. The Morgan fingerprint density at radius 3 is 3.05 bits per heavy atom. The zero-order chi connectivity index (χ0) is 14.1. The van der Waals surface area contributed by atoms with Crippen molar-refractivity contribution in [3.63, 3.8) is 0 Å². The molecular weight excluding hydrogens is 282 g/mol. The van der Waals surface area contributed by atoms with Gasteiger partial charge in [-0.2, -0.15) is 0 Å². The van der Waals surface area contributed by atoms with Crippen LogP contribution in [0.5, 0.6) is 0 Å². The maximum absolute atomic E-state index is 10.6. The summed E-state index contributed by atoms with van der Waals surface area (Å²) in [6.45, 7) is 1.43. The Bertz CT molecular complexity index is 670. The molecule has 8 heteroatoms. The maximum atomic E-state index is 10.6. The van der Waals surface area contributed by atoms with E-state index in [1.807, 2.05) is 0 Å². The summed E-state index contributed by atoms with van der Waals surface area (Å²) >= 11 is 6.02. The van der Waals surface area contributed by atoms with Crippen molar-refractivity contribution < 1.29 is 4.92 Å². The molecule has 20 heavy (non-hydrogen) atoms. The van der Waals surface area contributed by atoms with Crippen LogP contribution in [-0.2, 0) is 19.5 Å². The van der Waals surface area contributed by atoms with E-state index in [9.17, 15) is 10.1 Å². The molecule has 0 spiro atoms. The van der Waals surface area contributed by atoms with E-state index in [0.29, 0.717) is 17.3 Å². The number of nitrogens with one attached hydrogen (secondary N) is 1. The highest BCUT2D eigenvalue weighted by molar-refractivity contribution is 6.33. The lowest BCUT2D eigenvalue weighted by Gasteiger charge is -2.08. The number of nitrogens with zero attached hydrogens (tertiary/aromatic N) is 4. The number of hydrogen-bond acceptors (Lipinski definition) is 5. The average Bonchev–Trinajstić information content (AvgIpc) is 3.00. The summed E-state index contributed by atoms with van der Waals surface area (Å²) in [5, 5.41) is 22.3. The number of fused-ring (bicyclic) bond motifs is 1. The minimum Gasteiger partial charge on any atom is -0.377 e. The van der Waals surface area contributed by atoms with Crippen molar-refractivity contribution in [2.24, 2.45) is 0 Å². The molecule has 2 heterocycles. The van der Waals surface area contributed by atoms with Crippen LogP contribution in [-0.4, -0.2) is 19.7 Å². The van der Waals surface area contributed by atoms with E-state index in [1.54, 1.807) is 6.07 Å². The Kier molecular flexibility index (Phi) is 3.27. The molecular formula is C12H12ClN5O2. The van der Waals surface area contributed by atoms with Gasteiger partial charge in [0.15, 0.2) is 5.82 Å². The van der Waals surface area contributed by atoms with Gasteiger partial charge in [0.25, 0.3) is 5.69 Å². The summed E-state index contributed by atoms with van der Waals surface area (Å²) in [6.07, 6.45) is 2.06. The van der Waals surface area contributed by atoms with Crippen molar-refractivity contribution in [2.45, 2.75) is 25.9 Å². The number of non-ortho nitro benzene ring substituents is 1. The predicted octanol–water partition coefficient (Wildman–Crippen LogP) is 2.40. The smallest absolute Gasteiger partial charge is 0.271 e. The van der Waals surface area contributed by atoms with Gasteiger partial charge in [-0.3, -0.25) is 10.1 Å². The van der Waals surface area contributed by atoms with Gasteiger partial charge in [-0.1, -0.05) is 11.6 Å². The van der Waals surface area contributed by atoms with Gasteiger partial charge in [-0.15, -0.1) is 10.2 Å². The average molecular weight is 294 g/mol. The van der Waals surface area contributed by atoms with Crippen LogP contribution >= 0.6 is 11.6 Å². The van der Waals surface area contributed by atoms with E-state index >= 15 is 0 Å². The summed E-state index contributed by atoms with van der Waals surface area (Å²) in [4.78, 5) is 10.2. The Morgan fingerprint density at radius 1 is 1.45 bits per heavy atom. The molecule has 0 bridgehead atoms. The molecule has 0 saturated carbocycles. The summed E-state index contributed by atoms with van der Waals surface area (Å²) < 4.78 is 2.09. The Balaban J connectivity index is 1.73. The van der Waals surface area contributed by atoms with Gasteiger partial charge in [-0.25, -0.2) is 0 Å². The zero-order valence-electron chi connectivity index (χ0n) is 10.5. The molecule has 7 nitrogen and oxygen atoms in total. The van der Waals surface area contributed by atoms with Gasteiger partial charge in [0.2, 0.25) is 0 Å². The van der Waals surface area contributed by atoms with Crippen molar-refractivity contribution in [1.82, 2.24) is 14.8 Å². The molecule has 0 unspecified atom stereocenters. The quantitative estimate of drug-likeness (QED) is 0.691. The number of benzene rings is 1.